The number of carbonyl (C=O) groups is 1. The van der Waals surface area contributed by atoms with Crippen molar-refractivity contribution in [3.63, 3.8) is 0 Å². The third kappa shape index (κ3) is 4.89. The SMILES string of the molecule is CCOC(=O)[C@@H]([C@H](O)c1ccccc1)[NH+]1CCN(S(=O)(=O)c2ccc(C)cc2)CC1. The van der Waals surface area contributed by atoms with Crippen molar-refractivity contribution in [3.05, 3.63) is 65.7 Å². The van der Waals surface area contributed by atoms with E-state index < -0.39 is 28.1 Å². The second-order valence-corrected chi connectivity index (χ2v) is 9.40. The lowest BCUT2D eigenvalue weighted by Crippen LogP contribution is -3.19. The number of quaternary nitrogens is 1. The van der Waals surface area contributed by atoms with E-state index in [0.29, 0.717) is 18.7 Å². The highest BCUT2D eigenvalue weighted by Crippen LogP contribution is 2.18. The number of sulfonamides is 1. The summed E-state index contributed by atoms with van der Waals surface area (Å²) in [7, 11) is -3.59. The number of esters is 1. The molecule has 0 spiro atoms. The minimum atomic E-state index is -3.59. The van der Waals surface area contributed by atoms with Crippen molar-refractivity contribution in [2.24, 2.45) is 0 Å². The molecule has 0 aromatic heterocycles. The van der Waals surface area contributed by atoms with Gasteiger partial charge in [-0.15, -0.1) is 0 Å². The zero-order chi connectivity index (χ0) is 21.7. The number of ether oxygens (including phenoxy) is 1. The van der Waals surface area contributed by atoms with E-state index in [1.165, 1.54) is 4.31 Å². The van der Waals surface area contributed by atoms with E-state index in [2.05, 4.69) is 0 Å². The standard InChI is InChI=1S/C22H28N2O5S/c1-3-29-22(26)20(21(25)18-7-5-4-6-8-18)23-13-15-24(16-14-23)30(27,28)19-11-9-17(2)10-12-19/h4-12,20-21,25H,3,13-16H2,1-2H3/p+1/t20-,21-/m1/s1. The molecule has 0 bridgehead atoms. The highest BCUT2D eigenvalue weighted by molar-refractivity contribution is 7.89. The van der Waals surface area contributed by atoms with Crippen LogP contribution in [0.25, 0.3) is 0 Å². The van der Waals surface area contributed by atoms with Crippen molar-refractivity contribution in [2.75, 3.05) is 32.8 Å². The Morgan fingerprint density at radius 3 is 2.27 bits per heavy atom. The molecule has 0 saturated carbocycles. The van der Waals surface area contributed by atoms with E-state index in [9.17, 15) is 18.3 Å². The van der Waals surface area contributed by atoms with Gasteiger partial charge in [-0.2, -0.15) is 4.31 Å². The molecular weight excluding hydrogens is 404 g/mol. The van der Waals surface area contributed by atoms with Gasteiger partial charge in [0.15, 0.2) is 0 Å². The van der Waals surface area contributed by atoms with Gasteiger partial charge in [-0.3, -0.25) is 0 Å². The van der Waals surface area contributed by atoms with E-state index in [4.69, 9.17) is 4.74 Å². The van der Waals surface area contributed by atoms with Gasteiger partial charge < -0.3 is 14.7 Å². The molecule has 7 nitrogen and oxygen atoms in total. The fourth-order valence-electron chi connectivity index (χ4n) is 3.78. The third-order valence-corrected chi connectivity index (χ3v) is 7.37. The smallest absolute Gasteiger partial charge is 0.368 e. The molecule has 0 aliphatic carbocycles. The Hall–Kier alpha value is -2.26. The van der Waals surface area contributed by atoms with E-state index in [1.807, 2.05) is 25.1 Å². The van der Waals surface area contributed by atoms with Gasteiger partial charge in [-0.1, -0.05) is 48.0 Å². The van der Waals surface area contributed by atoms with Gasteiger partial charge in [0.05, 0.1) is 37.7 Å². The number of nitrogens with zero attached hydrogens (tertiary/aromatic N) is 1. The van der Waals surface area contributed by atoms with Gasteiger partial charge in [-0.05, 0) is 31.5 Å². The zero-order valence-corrected chi connectivity index (χ0v) is 18.1. The van der Waals surface area contributed by atoms with E-state index >= 15 is 0 Å². The fraction of sp³-hybridized carbons (Fsp3) is 0.409. The van der Waals surface area contributed by atoms with E-state index in [0.717, 1.165) is 10.5 Å². The van der Waals surface area contributed by atoms with Crippen LogP contribution < -0.4 is 4.90 Å². The fourth-order valence-corrected chi connectivity index (χ4v) is 5.22. The second kappa shape index (κ2) is 9.70. The number of hydrogen-bond acceptors (Lipinski definition) is 5. The number of hydrogen-bond donors (Lipinski definition) is 2. The average molecular weight is 434 g/mol. The molecule has 1 aliphatic rings. The topological polar surface area (TPSA) is 88.3 Å². The normalized spacial score (nSPS) is 18.0. The van der Waals surface area contributed by atoms with Crippen LogP contribution in [-0.4, -0.2) is 62.6 Å². The largest absolute Gasteiger partial charge is 0.462 e. The molecule has 162 valence electrons. The number of piperazine rings is 1. The van der Waals surface area contributed by atoms with Crippen LogP contribution in [0.15, 0.2) is 59.5 Å². The Morgan fingerprint density at radius 2 is 1.70 bits per heavy atom. The summed E-state index contributed by atoms with van der Waals surface area (Å²) in [5.74, 6) is -0.473. The molecular formula is C22H29N2O5S+. The van der Waals surface area contributed by atoms with Gasteiger partial charge in [-0.25, -0.2) is 13.2 Å². The Kier molecular flexibility index (Phi) is 7.25. The summed E-state index contributed by atoms with van der Waals surface area (Å²) >= 11 is 0. The molecule has 30 heavy (non-hydrogen) atoms. The molecule has 8 heteroatoms. The second-order valence-electron chi connectivity index (χ2n) is 7.46. The Labute approximate surface area is 177 Å². The summed E-state index contributed by atoms with van der Waals surface area (Å²) in [6.07, 6.45) is -1.03. The molecule has 1 heterocycles. The van der Waals surface area contributed by atoms with Crippen molar-refractivity contribution in [1.29, 1.82) is 0 Å². The van der Waals surface area contributed by atoms with Crippen molar-refractivity contribution >= 4 is 16.0 Å². The Bertz CT molecular complexity index is 939. The molecule has 2 atom stereocenters. The van der Waals surface area contributed by atoms with Crippen molar-refractivity contribution < 1.29 is 28.0 Å². The quantitative estimate of drug-likeness (QED) is 0.623. The first-order valence-corrected chi connectivity index (χ1v) is 11.6. The van der Waals surface area contributed by atoms with Gasteiger partial charge in [0, 0.05) is 0 Å². The van der Waals surface area contributed by atoms with Crippen LogP contribution in [0, 0.1) is 6.92 Å². The van der Waals surface area contributed by atoms with Crippen LogP contribution >= 0.6 is 0 Å². The maximum atomic E-state index is 12.9. The lowest BCUT2D eigenvalue weighted by atomic mass is 10.0. The minimum absolute atomic E-state index is 0.220. The van der Waals surface area contributed by atoms with Crippen LogP contribution in [-0.2, 0) is 19.6 Å². The molecule has 1 aliphatic heterocycles. The maximum absolute atomic E-state index is 12.9. The first kappa shape index (κ1) is 22.4. The summed E-state index contributed by atoms with van der Waals surface area (Å²) in [6, 6.07) is 15.0. The Balaban J connectivity index is 1.75. The molecule has 0 radical (unpaired) electrons. The van der Waals surface area contributed by atoms with Crippen molar-refractivity contribution in [3.8, 4) is 0 Å². The van der Waals surface area contributed by atoms with Gasteiger partial charge >= 0.3 is 5.97 Å². The van der Waals surface area contributed by atoms with Crippen LogP contribution in [0.5, 0.6) is 0 Å². The van der Waals surface area contributed by atoms with Crippen LogP contribution in [0.2, 0.25) is 0 Å². The number of aryl methyl sites for hydroxylation is 1. The predicted molar refractivity (Wildman–Crippen MR) is 112 cm³/mol. The third-order valence-electron chi connectivity index (χ3n) is 5.46. The van der Waals surface area contributed by atoms with Crippen molar-refractivity contribution in [1.82, 2.24) is 4.31 Å². The van der Waals surface area contributed by atoms with Crippen LogP contribution in [0.4, 0.5) is 0 Å². The molecule has 2 N–H and O–H groups in total. The summed E-state index contributed by atoms with van der Waals surface area (Å²) in [5, 5.41) is 10.9. The van der Waals surface area contributed by atoms with Crippen LogP contribution in [0.3, 0.4) is 0 Å². The average Bonchev–Trinajstić information content (AvgIpc) is 2.75. The molecule has 2 aromatic rings. The molecule has 1 saturated heterocycles. The Morgan fingerprint density at radius 1 is 1.10 bits per heavy atom. The number of rotatable bonds is 7. The molecule has 2 aromatic carbocycles. The van der Waals surface area contributed by atoms with Crippen LogP contribution in [0.1, 0.15) is 24.2 Å². The summed E-state index contributed by atoms with van der Waals surface area (Å²) in [5.41, 5.74) is 1.63. The monoisotopic (exact) mass is 433 g/mol. The summed E-state index contributed by atoms with van der Waals surface area (Å²) in [4.78, 5) is 13.7. The molecule has 0 amide bonds. The number of aliphatic hydroxyl groups excluding tert-OH is 1. The summed E-state index contributed by atoms with van der Waals surface area (Å²) in [6.45, 7) is 5.19. The number of benzene rings is 2. The lowest BCUT2D eigenvalue weighted by molar-refractivity contribution is -0.924. The van der Waals surface area contributed by atoms with Gasteiger partial charge in [0.25, 0.3) is 0 Å². The highest BCUT2D eigenvalue weighted by atomic mass is 32.2. The van der Waals surface area contributed by atoms with Crippen molar-refractivity contribution in [2.45, 2.75) is 30.9 Å². The zero-order valence-electron chi connectivity index (χ0n) is 17.3. The lowest BCUT2D eigenvalue weighted by Gasteiger charge is -2.36. The van der Waals surface area contributed by atoms with E-state index in [1.54, 1.807) is 43.3 Å². The summed E-state index contributed by atoms with van der Waals surface area (Å²) < 4.78 is 32.6. The van der Waals surface area contributed by atoms with Gasteiger partial charge in [0.1, 0.15) is 6.10 Å². The number of carbonyl (C=O) groups excluding carboxylic acids is 1. The number of nitrogens with one attached hydrogen (secondary N) is 1. The molecule has 3 rings (SSSR count). The first-order valence-electron chi connectivity index (χ1n) is 10.2. The first-order chi connectivity index (χ1) is 14.3. The molecule has 1 fully saturated rings. The maximum Gasteiger partial charge on any atom is 0.368 e. The molecule has 0 unspecified atom stereocenters. The van der Waals surface area contributed by atoms with E-state index in [-0.39, 0.29) is 24.6 Å². The minimum Gasteiger partial charge on any atom is -0.462 e. The predicted octanol–water partition coefficient (Wildman–Crippen LogP) is 0.550. The highest BCUT2D eigenvalue weighted by Gasteiger charge is 2.42. The number of aliphatic hydroxyl groups is 1. The van der Waals surface area contributed by atoms with Gasteiger partial charge in [0.2, 0.25) is 16.1 Å².